The molecule has 4 aromatic rings. The Morgan fingerprint density at radius 3 is 2.39 bits per heavy atom. The van der Waals surface area contributed by atoms with Crippen molar-refractivity contribution in [2.24, 2.45) is 0 Å². The van der Waals surface area contributed by atoms with Gasteiger partial charge in [-0.25, -0.2) is 0 Å². The molecule has 6 heteroatoms. The van der Waals surface area contributed by atoms with Crippen LogP contribution in [0.25, 0.3) is 5.69 Å². The highest BCUT2D eigenvalue weighted by Crippen LogP contribution is 2.43. The number of hydrogen-bond acceptors (Lipinski definition) is 2. The van der Waals surface area contributed by atoms with Gasteiger partial charge in [0.25, 0.3) is 0 Å². The van der Waals surface area contributed by atoms with E-state index in [2.05, 4.69) is 117 Å². The van der Waals surface area contributed by atoms with Gasteiger partial charge in [0.1, 0.15) is 0 Å². The minimum absolute atomic E-state index is 0.0293. The third-order valence-electron chi connectivity index (χ3n) is 6.25. The van der Waals surface area contributed by atoms with Gasteiger partial charge in [-0.05, 0) is 98.7 Å². The molecule has 166 valence electrons. The van der Waals surface area contributed by atoms with E-state index in [0.717, 1.165) is 15.9 Å². The maximum absolute atomic E-state index is 5.87. The molecule has 1 saturated heterocycles. The molecule has 0 radical (unpaired) electrons. The van der Waals surface area contributed by atoms with E-state index in [9.17, 15) is 0 Å². The number of pyridine rings is 1. The molecule has 33 heavy (non-hydrogen) atoms. The van der Waals surface area contributed by atoms with E-state index in [1.807, 2.05) is 18.3 Å². The second kappa shape index (κ2) is 8.76. The van der Waals surface area contributed by atoms with Crippen molar-refractivity contribution in [1.82, 2.24) is 14.9 Å². The van der Waals surface area contributed by atoms with Crippen LogP contribution in [0.15, 0.2) is 83.5 Å². The summed E-state index contributed by atoms with van der Waals surface area (Å²) in [6.45, 7) is 6.49. The average Bonchev–Trinajstić information content (AvgIpc) is 3.30. The first kappa shape index (κ1) is 21.9. The summed E-state index contributed by atoms with van der Waals surface area (Å²) >= 11 is 9.43. The van der Waals surface area contributed by atoms with Gasteiger partial charge in [-0.2, -0.15) is 0 Å². The maximum atomic E-state index is 5.87. The molecule has 2 aromatic carbocycles. The first-order chi connectivity index (χ1) is 15.9. The maximum Gasteiger partial charge on any atom is 0.174 e. The number of aryl methyl sites for hydroxylation is 2. The van der Waals surface area contributed by atoms with Crippen molar-refractivity contribution in [1.29, 1.82) is 0 Å². The molecule has 2 unspecified atom stereocenters. The number of nitrogens with zero attached hydrogens (tertiary/aromatic N) is 3. The zero-order valence-corrected chi connectivity index (χ0v) is 21.2. The summed E-state index contributed by atoms with van der Waals surface area (Å²) in [5.41, 5.74) is 8.09. The number of halogens is 1. The summed E-state index contributed by atoms with van der Waals surface area (Å²) in [4.78, 5) is 6.90. The SMILES string of the molecule is Cc1cccc(-n2c(C)cc(C3C(c4ccccn4)NC(=S)N3c3ccc(Br)cc3)c2C)c1. The van der Waals surface area contributed by atoms with Crippen molar-refractivity contribution in [2.45, 2.75) is 32.9 Å². The number of benzene rings is 2. The molecule has 0 aliphatic carbocycles. The van der Waals surface area contributed by atoms with E-state index in [1.165, 1.54) is 28.2 Å². The van der Waals surface area contributed by atoms with Gasteiger partial charge in [0.15, 0.2) is 5.11 Å². The predicted octanol–water partition coefficient (Wildman–Crippen LogP) is 6.74. The Balaban J connectivity index is 1.68. The Morgan fingerprint density at radius 1 is 0.909 bits per heavy atom. The van der Waals surface area contributed by atoms with E-state index >= 15 is 0 Å². The molecule has 0 bridgehead atoms. The lowest BCUT2D eigenvalue weighted by molar-refractivity contribution is 0.565. The van der Waals surface area contributed by atoms with Gasteiger partial charge >= 0.3 is 0 Å². The summed E-state index contributed by atoms with van der Waals surface area (Å²) < 4.78 is 3.37. The van der Waals surface area contributed by atoms with Crippen LogP contribution in [0.1, 0.15) is 40.3 Å². The molecule has 1 aliphatic heterocycles. The third kappa shape index (κ3) is 3.98. The summed E-state index contributed by atoms with van der Waals surface area (Å²) in [6.07, 6.45) is 1.84. The average molecular weight is 517 g/mol. The molecule has 1 N–H and O–H groups in total. The van der Waals surface area contributed by atoms with Gasteiger partial charge in [-0.1, -0.05) is 34.1 Å². The molecule has 4 nitrogen and oxygen atoms in total. The number of nitrogens with one attached hydrogen (secondary N) is 1. The molecule has 2 aromatic heterocycles. The van der Waals surface area contributed by atoms with Crippen molar-refractivity contribution in [3.63, 3.8) is 0 Å². The van der Waals surface area contributed by atoms with Gasteiger partial charge < -0.3 is 14.8 Å². The van der Waals surface area contributed by atoms with Crippen molar-refractivity contribution < 1.29 is 0 Å². The molecular weight excluding hydrogens is 492 g/mol. The van der Waals surface area contributed by atoms with Gasteiger partial charge in [0, 0.05) is 33.4 Å². The fourth-order valence-corrected chi connectivity index (χ4v) is 5.41. The molecule has 1 aliphatic rings. The Kier molecular flexibility index (Phi) is 5.81. The number of rotatable bonds is 4. The Labute approximate surface area is 208 Å². The van der Waals surface area contributed by atoms with Gasteiger partial charge in [-0.15, -0.1) is 0 Å². The number of thiocarbonyl (C=S) groups is 1. The Morgan fingerprint density at radius 2 is 1.70 bits per heavy atom. The summed E-state index contributed by atoms with van der Waals surface area (Å²) in [6, 6.07) is 25.2. The Bertz CT molecular complexity index is 1310. The summed E-state index contributed by atoms with van der Waals surface area (Å²) in [5.74, 6) is 0. The van der Waals surface area contributed by atoms with Crippen LogP contribution in [-0.4, -0.2) is 14.7 Å². The first-order valence-electron chi connectivity index (χ1n) is 11.0. The summed E-state index contributed by atoms with van der Waals surface area (Å²) in [7, 11) is 0. The van der Waals surface area contributed by atoms with E-state index in [-0.39, 0.29) is 12.1 Å². The third-order valence-corrected chi connectivity index (χ3v) is 7.09. The zero-order chi connectivity index (χ0) is 23.1. The number of anilines is 1. The zero-order valence-electron chi connectivity index (χ0n) is 18.8. The molecule has 5 rings (SSSR count). The van der Waals surface area contributed by atoms with Gasteiger partial charge in [-0.3, -0.25) is 4.98 Å². The summed E-state index contributed by atoms with van der Waals surface area (Å²) in [5, 5.41) is 4.27. The van der Waals surface area contributed by atoms with Gasteiger partial charge in [0.2, 0.25) is 0 Å². The smallest absolute Gasteiger partial charge is 0.174 e. The van der Waals surface area contributed by atoms with Crippen molar-refractivity contribution in [3.05, 3.63) is 112 Å². The highest BCUT2D eigenvalue weighted by molar-refractivity contribution is 9.10. The van der Waals surface area contributed by atoms with Crippen LogP contribution in [0.5, 0.6) is 0 Å². The molecule has 0 amide bonds. The van der Waals surface area contributed by atoms with Crippen LogP contribution in [0.3, 0.4) is 0 Å². The van der Waals surface area contributed by atoms with Gasteiger partial charge in [0.05, 0.1) is 17.8 Å². The van der Waals surface area contributed by atoms with Crippen LogP contribution in [-0.2, 0) is 0 Å². The minimum atomic E-state index is -0.0613. The minimum Gasteiger partial charge on any atom is -0.351 e. The van der Waals surface area contributed by atoms with E-state index < -0.39 is 0 Å². The van der Waals surface area contributed by atoms with E-state index in [4.69, 9.17) is 12.2 Å². The van der Waals surface area contributed by atoms with Crippen molar-refractivity contribution in [2.75, 3.05) is 4.90 Å². The second-order valence-corrected chi connectivity index (χ2v) is 9.78. The highest BCUT2D eigenvalue weighted by Gasteiger charge is 2.42. The fourth-order valence-electron chi connectivity index (χ4n) is 4.80. The quantitative estimate of drug-likeness (QED) is 0.304. The first-order valence-corrected chi connectivity index (χ1v) is 12.2. The normalized spacial score (nSPS) is 17.9. The topological polar surface area (TPSA) is 33.1 Å². The number of aromatic nitrogens is 2. The lowest BCUT2D eigenvalue weighted by Crippen LogP contribution is -2.29. The second-order valence-electron chi connectivity index (χ2n) is 8.47. The van der Waals surface area contributed by atoms with E-state index in [1.54, 1.807) is 0 Å². The van der Waals surface area contributed by atoms with Crippen LogP contribution < -0.4 is 10.2 Å². The van der Waals surface area contributed by atoms with Crippen molar-refractivity contribution >= 4 is 38.9 Å². The standard InChI is InChI=1S/C27H25BrN4S/c1-17-7-6-8-22(15-17)31-18(2)16-23(19(31)3)26-25(24-9-4-5-14-29-24)30-27(33)32(26)21-12-10-20(28)11-13-21/h4-16,25-26H,1-3H3,(H,30,33). The fraction of sp³-hybridized carbons (Fsp3) is 0.185. The Hall–Kier alpha value is -2.96. The number of hydrogen-bond donors (Lipinski definition) is 1. The lowest BCUT2D eigenvalue weighted by Gasteiger charge is -2.28. The van der Waals surface area contributed by atoms with Crippen LogP contribution in [0.4, 0.5) is 5.69 Å². The monoisotopic (exact) mass is 516 g/mol. The van der Waals surface area contributed by atoms with Crippen LogP contribution in [0, 0.1) is 20.8 Å². The molecule has 1 fully saturated rings. The highest BCUT2D eigenvalue weighted by atomic mass is 79.9. The predicted molar refractivity (Wildman–Crippen MR) is 142 cm³/mol. The van der Waals surface area contributed by atoms with Crippen LogP contribution in [0.2, 0.25) is 0 Å². The van der Waals surface area contributed by atoms with Crippen LogP contribution >= 0.6 is 28.1 Å². The van der Waals surface area contributed by atoms with Crippen molar-refractivity contribution in [3.8, 4) is 5.69 Å². The largest absolute Gasteiger partial charge is 0.351 e. The van der Waals surface area contributed by atoms with E-state index in [0.29, 0.717) is 5.11 Å². The molecule has 3 heterocycles. The lowest BCUT2D eigenvalue weighted by atomic mass is 9.96. The molecule has 0 spiro atoms. The molecular formula is C27H25BrN4S. The molecule has 0 saturated carbocycles. The molecule has 2 atom stereocenters.